The maximum Gasteiger partial charge on any atom is 0.272 e. The van der Waals surface area contributed by atoms with Gasteiger partial charge in [-0.05, 0) is 25.5 Å². The lowest BCUT2D eigenvalue weighted by molar-refractivity contribution is -0.385. The van der Waals surface area contributed by atoms with Gasteiger partial charge < -0.3 is 5.32 Å². The third kappa shape index (κ3) is 3.03. The summed E-state index contributed by atoms with van der Waals surface area (Å²) in [6.07, 6.45) is 1.78. The van der Waals surface area contributed by atoms with Crippen LogP contribution >= 0.6 is 0 Å². The molecular formula is C14H18N4O2. The van der Waals surface area contributed by atoms with Crippen LogP contribution in [0.2, 0.25) is 0 Å². The Kier molecular flexibility index (Phi) is 4.47. The predicted octanol–water partition coefficient (Wildman–Crippen LogP) is 2.41. The summed E-state index contributed by atoms with van der Waals surface area (Å²) in [7, 11) is 0. The van der Waals surface area contributed by atoms with Crippen LogP contribution in [0, 0.1) is 17.0 Å². The lowest BCUT2D eigenvalue weighted by atomic mass is 10.1. The summed E-state index contributed by atoms with van der Waals surface area (Å²) in [6, 6.07) is 7.13. The number of nitro benzene ring substituents is 1. The van der Waals surface area contributed by atoms with E-state index < -0.39 is 0 Å². The van der Waals surface area contributed by atoms with E-state index in [0.29, 0.717) is 18.7 Å². The Balaban J connectivity index is 2.01. The van der Waals surface area contributed by atoms with Crippen molar-refractivity contribution in [3.8, 4) is 0 Å². The fourth-order valence-electron chi connectivity index (χ4n) is 2.18. The largest absolute Gasteiger partial charge is 0.307 e. The molecule has 0 unspecified atom stereocenters. The molecule has 0 aliphatic heterocycles. The van der Waals surface area contributed by atoms with E-state index in [1.54, 1.807) is 19.2 Å². The Hall–Kier alpha value is -2.21. The zero-order valence-corrected chi connectivity index (χ0v) is 11.7. The van der Waals surface area contributed by atoms with Gasteiger partial charge in [-0.3, -0.25) is 14.8 Å². The highest BCUT2D eigenvalue weighted by Crippen LogP contribution is 2.20. The fourth-order valence-corrected chi connectivity index (χ4v) is 2.18. The van der Waals surface area contributed by atoms with Gasteiger partial charge >= 0.3 is 0 Å². The molecule has 0 saturated heterocycles. The van der Waals surface area contributed by atoms with Crippen LogP contribution in [0.15, 0.2) is 30.5 Å². The van der Waals surface area contributed by atoms with E-state index in [-0.39, 0.29) is 10.6 Å². The number of hydrogen-bond donors (Lipinski definition) is 1. The number of rotatable bonds is 6. The molecule has 106 valence electrons. The lowest BCUT2D eigenvalue weighted by Crippen LogP contribution is -2.17. The molecule has 1 heterocycles. The van der Waals surface area contributed by atoms with Crippen molar-refractivity contribution in [1.29, 1.82) is 0 Å². The normalized spacial score (nSPS) is 10.7. The Bertz CT molecular complexity index is 607. The predicted molar refractivity (Wildman–Crippen MR) is 76.3 cm³/mol. The highest BCUT2D eigenvalue weighted by Gasteiger charge is 2.12. The maximum atomic E-state index is 10.9. The number of hydrogen-bond acceptors (Lipinski definition) is 4. The Labute approximate surface area is 117 Å². The molecule has 0 bridgehead atoms. The second-order valence-electron chi connectivity index (χ2n) is 4.56. The molecule has 2 rings (SSSR count). The summed E-state index contributed by atoms with van der Waals surface area (Å²) in [5.74, 6) is 0. The topological polar surface area (TPSA) is 73.0 Å². The molecule has 6 heteroatoms. The molecule has 0 aliphatic carbocycles. The molecule has 1 aromatic carbocycles. The van der Waals surface area contributed by atoms with Gasteiger partial charge in [0.2, 0.25) is 0 Å². The first-order valence-electron chi connectivity index (χ1n) is 6.57. The molecule has 20 heavy (non-hydrogen) atoms. The zero-order valence-electron chi connectivity index (χ0n) is 11.7. The zero-order chi connectivity index (χ0) is 14.5. The number of nitro groups is 1. The molecule has 0 aliphatic rings. The molecule has 0 fully saturated rings. The second kappa shape index (κ2) is 6.29. The molecular weight excluding hydrogens is 256 g/mol. The average Bonchev–Trinajstić information content (AvgIpc) is 2.88. The number of aryl methyl sites for hydroxylation is 1. The third-order valence-electron chi connectivity index (χ3n) is 3.34. The van der Waals surface area contributed by atoms with E-state index in [0.717, 1.165) is 17.8 Å². The first-order valence-corrected chi connectivity index (χ1v) is 6.57. The van der Waals surface area contributed by atoms with Crippen molar-refractivity contribution in [2.45, 2.75) is 33.5 Å². The first-order chi connectivity index (χ1) is 9.63. The van der Waals surface area contributed by atoms with Crippen LogP contribution in [0.4, 0.5) is 5.69 Å². The Morgan fingerprint density at radius 1 is 1.35 bits per heavy atom. The quantitative estimate of drug-likeness (QED) is 0.648. The molecule has 0 atom stereocenters. The van der Waals surface area contributed by atoms with Crippen LogP contribution in [0.25, 0.3) is 0 Å². The van der Waals surface area contributed by atoms with Crippen molar-refractivity contribution >= 4 is 5.69 Å². The van der Waals surface area contributed by atoms with Crippen LogP contribution in [0.5, 0.6) is 0 Å². The van der Waals surface area contributed by atoms with Crippen molar-refractivity contribution < 1.29 is 4.92 Å². The van der Waals surface area contributed by atoms with Gasteiger partial charge in [-0.15, -0.1) is 0 Å². The molecule has 0 spiro atoms. The van der Waals surface area contributed by atoms with Gasteiger partial charge in [0.25, 0.3) is 5.69 Å². The maximum absolute atomic E-state index is 10.9. The van der Waals surface area contributed by atoms with Crippen LogP contribution in [0.1, 0.15) is 23.7 Å². The minimum atomic E-state index is -0.342. The first kappa shape index (κ1) is 14.2. The third-order valence-corrected chi connectivity index (χ3v) is 3.34. The van der Waals surface area contributed by atoms with Crippen molar-refractivity contribution in [2.75, 3.05) is 0 Å². The van der Waals surface area contributed by atoms with Gasteiger partial charge in [0.1, 0.15) is 0 Å². The molecule has 0 radical (unpaired) electrons. The average molecular weight is 274 g/mol. The summed E-state index contributed by atoms with van der Waals surface area (Å²) in [4.78, 5) is 10.5. The molecule has 6 nitrogen and oxygen atoms in total. The minimum absolute atomic E-state index is 0.169. The summed E-state index contributed by atoms with van der Waals surface area (Å²) in [5.41, 5.74) is 2.94. The molecule has 0 amide bonds. The Morgan fingerprint density at radius 3 is 2.85 bits per heavy atom. The van der Waals surface area contributed by atoms with Crippen molar-refractivity contribution in [3.05, 3.63) is 57.4 Å². The van der Waals surface area contributed by atoms with Crippen molar-refractivity contribution in [3.63, 3.8) is 0 Å². The SMILES string of the molecule is CCn1nccc1CNCc1cccc([N+](=O)[O-])c1C. The number of nitrogens with one attached hydrogen (secondary N) is 1. The molecule has 2 aromatic rings. The fraction of sp³-hybridized carbons (Fsp3) is 0.357. The van der Waals surface area contributed by atoms with Crippen LogP contribution in [0.3, 0.4) is 0 Å². The van der Waals surface area contributed by atoms with E-state index in [9.17, 15) is 10.1 Å². The summed E-state index contributed by atoms with van der Waals surface area (Å²) in [6.45, 7) is 5.95. The summed E-state index contributed by atoms with van der Waals surface area (Å²) in [5, 5.41) is 18.4. The molecule has 0 saturated carbocycles. The van der Waals surface area contributed by atoms with E-state index in [1.807, 2.05) is 23.7 Å². The smallest absolute Gasteiger partial charge is 0.272 e. The van der Waals surface area contributed by atoms with Crippen molar-refractivity contribution in [2.24, 2.45) is 0 Å². The number of benzene rings is 1. The Morgan fingerprint density at radius 2 is 2.15 bits per heavy atom. The van der Waals surface area contributed by atoms with E-state index in [1.165, 1.54) is 6.07 Å². The highest BCUT2D eigenvalue weighted by atomic mass is 16.6. The van der Waals surface area contributed by atoms with E-state index in [2.05, 4.69) is 10.4 Å². The van der Waals surface area contributed by atoms with Gasteiger partial charge in [0, 0.05) is 37.5 Å². The van der Waals surface area contributed by atoms with Crippen LogP contribution < -0.4 is 5.32 Å². The number of nitrogens with zero attached hydrogens (tertiary/aromatic N) is 3. The van der Waals surface area contributed by atoms with Gasteiger partial charge in [-0.2, -0.15) is 5.10 Å². The monoisotopic (exact) mass is 274 g/mol. The standard InChI is InChI=1S/C14H18N4O2/c1-3-17-13(7-8-16-17)10-15-9-12-5-4-6-14(11(12)2)18(19)20/h4-8,15H,3,9-10H2,1-2H3. The minimum Gasteiger partial charge on any atom is -0.307 e. The number of aromatic nitrogens is 2. The summed E-state index contributed by atoms with van der Waals surface area (Å²) >= 11 is 0. The van der Waals surface area contributed by atoms with E-state index in [4.69, 9.17) is 0 Å². The molecule has 1 N–H and O–H groups in total. The van der Waals surface area contributed by atoms with Crippen LogP contribution in [-0.2, 0) is 19.6 Å². The van der Waals surface area contributed by atoms with Gasteiger partial charge in [0.15, 0.2) is 0 Å². The molecule has 1 aromatic heterocycles. The van der Waals surface area contributed by atoms with Gasteiger partial charge in [-0.1, -0.05) is 12.1 Å². The van der Waals surface area contributed by atoms with Crippen LogP contribution in [-0.4, -0.2) is 14.7 Å². The van der Waals surface area contributed by atoms with Gasteiger partial charge in [0.05, 0.1) is 10.6 Å². The van der Waals surface area contributed by atoms with Gasteiger partial charge in [-0.25, -0.2) is 0 Å². The highest BCUT2D eigenvalue weighted by molar-refractivity contribution is 5.44. The second-order valence-corrected chi connectivity index (χ2v) is 4.56. The van der Waals surface area contributed by atoms with E-state index >= 15 is 0 Å². The summed E-state index contributed by atoms with van der Waals surface area (Å²) < 4.78 is 1.92. The lowest BCUT2D eigenvalue weighted by Gasteiger charge is -2.09. The van der Waals surface area contributed by atoms with Crippen molar-refractivity contribution in [1.82, 2.24) is 15.1 Å².